The Balaban J connectivity index is 0.000000222. The minimum atomic E-state index is 0.292. The maximum Gasteiger partial charge on any atom is 0.0153 e. The summed E-state index contributed by atoms with van der Waals surface area (Å²) in [5.74, 6) is 0. The highest BCUT2D eigenvalue weighted by molar-refractivity contribution is 4.96. The molecule has 0 unspecified atom stereocenters. The molecule has 1 aliphatic carbocycles. The first-order chi connectivity index (χ1) is 3.77. The molecule has 0 aromatic carbocycles. The average molecular weight is 115 g/mol. The van der Waals surface area contributed by atoms with Gasteiger partial charge < -0.3 is 5.73 Å². The van der Waals surface area contributed by atoms with Crippen molar-refractivity contribution in [1.82, 2.24) is 0 Å². The van der Waals surface area contributed by atoms with Crippen molar-refractivity contribution in [3.05, 3.63) is 0 Å². The molecule has 8 heavy (non-hydrogen) atoms. The topological polar surface area (TPSA) is 26.0 Å². The van der Waals surface area contributed by atoms with E-state index in [9.17, 15) is 0 Å². The van der Waals surface area contributed by atoms with Gasteiger partial charge in [-0.3, -0.25) is 0 Å². The Bertz CT molecular complexity index is 55.4. The highest BCUT2D eigenvalue weighted by atomic mass is 14.8. The molecular formula is C7H17N. The van der Waals surface area contributed by atoms with Crippen LogP contribution in [0.15, 0.2) is 0 Å². The second-order valence-corrected chi connectivity index (χ2v) is 2.22. The van der Waals surface area contributed by atoms with Crippen LogP contribution in [0.1, 0.15) is 40.0 Å². The van der Waals surface area contributed by atoms with Crippen LogP contribution in [0.5, 0.6) is 0 Å². The number of rotatable bonds is 1. The SMILES string of the molecule is CC.CCC1(N)CC1. The molecule has 1 nitrogen and oxygen atoms in total. The van der Waals surface area contributed by atoms with Crippen molar-refractivity contribution in [1.29, 1.82) is 0 Å². The lowest BCUT2D eigenvalue weighted by atomic mass is 10.2. The van der Waals surface area contributed by atoms with Crippen molar-refractivity contribution >= 4 is 0 Å². The smallest absolute Gasteiger partial charge is 0.0153 e. The maximum atomic E-state index is 5.65. The lowest BCUT2D eigenvalue weighted by Crippen LogP contribution is -2.19. The van der Waals surface area contributed by atoms with Gasteiger partial charge in [-0.15, -0.1) is 0 Å². The van der Waals surface area contributed by atoms with E-state index in [0.29, 0.717) is 5.54 Å². The summed E-state index contributed by atoms with van der Waals surface area (Å²) in [6.07, 6.45) is 3.67. The zero-order valence-electron chi connectivity index (χ0n) is 6.20. The van der Waals surface area contributed by atoms with Gasteiger partial charge in [0.15, 0.2) is 0 Å². The van der Waals surface area contributed by atoms with Gasteiger partial charge in [0.05, 0.1) is 0 Å². The molecule has 2 N–H and O–H groups in total. The van der Waals surface area contributed by atoms with Gasteiger partial charge in [-0.1, -0.05) is 20.8 Å². The molecule has 1 saturated carbocycles. The normalized spacial score (nSPS) is 21.0. The summed E-state index contributed by atoms with van der Waals surface area (Å²) in [5, 5.41) is 0. The Morgan fingerprint density at radius 2 is 1.75 bits per heavy atom. The van der Waals surface area contributed by atoms with Crippen LogP contribution >= 0.6 is 0 Å². The monoisotopic (exact) mass is 115 g/mol. The van der Waals surface area contributed by atoms with Crippen LogP contribution in [0.3, 0.4) is 0 Å². The Hall–Kier alpha value is -0.0400. The van der Waals surface area contributed by atoms with E-state index in [-0.39, 0.29) is 0 Å². The first kappa shape index (κ1) is 7.96. The Labute approximate surface area is 52.3 Å². The van der Waals surface area contributed by atoms with Crippen molar-refractivity contribution in [2.45, 2.75) is 45.6 Å². The van der Waals surface area contributed by atoms with E-state index in [2.05, 4.69) is 6.92 Å². The van der Waals surface area contributed by atoms with E-state index in [1.807, 2.05) is 13.8 Å². The van der Waals surface area contributed by atoms with Crippen LogP contribution in [-0.4, -0.2) is 5.54 Å². The standard InChI is InChI=1S/C5H11N.C2H6/c1-2-5(6)3-4-5;1-2/h2-4,6H2,1H3;1-2H3. The quantitative estimate of drug-likeness (QED) is 0.555. The molecule has 0 aromatic heterocycles. The molecule has 1 rings (SSSR count). The molecule has 0 aromatic rings. The van der Waals surface area contributed by atoms with Crippen LogP contribution in [0.2, 0.25) is 0 Å². The molecule has 1 heteroatoms. The lowest BCUT2D eigenvalue weighted by molar-refractivity contribution is 0.650. The molecule has 0 bridgehead atoms. The molecule has 0 atom stereocenters. The van der Waals surface area contributed by atoms with Crippen LogP contribution in [0.4, 0.5) is 0 Å². The molecule has 0 heterocycles. The van der Waals surface area contributed by atoms with Gasteiger partial charge in [-0.2, -0.15) is 0 Å². The fourth-order valence-electron chi connectivity index (χ4n) is 0.514. The second-order valence-electron chi connectivity index (χ2n) is 2.22. The van der Waals surface area contributed by atoms with Crippen molar-refractivity contribution in [3.63, 3.8) is 0 Å². The molecule has 0 radical (unpaired) electrons. The van der Waals surface area contributed by atoms with Crippen LogP contribution < -0.4 is 5.73 Å². The molecule has 0 aliphatic heterocycles. The summed E-state index contributed by atoms with van der Waals surface area (Å²) in [6.45, 7) is 6.15. The summed E-state index contributed by atoms with van der Waals surface area (Å²) in [6, 6.07) is 0. The van der Waals surface area contributed by atoms with E-state index in [0.717, 1.165) is 6.42 Å². The highest BCUT2D eigenvalue weighted by Crippen LogP contribution is 2.34. The fourth-order valence-corrected chi connectivity index (χ4v) is 0.514. The second kappa shape index (κ2) is 3.08. The molecule has 0 amide bonds. The van der Waals surface area contributed by atoms with E-state index in [1.165, 1.54) is 12.8 Å². The maximum absolute atomic E-state index is 5.65. The predicted octanol–water partition coefficient (Wildman–Crippen LogP) is 1.91. The lowest BCUT2D eigenvalue weighted by Gasteiger charge is -1.98. The van der Waals surface area contributed by atoms with Crippen molar-refractivity contribution in [3.8, 4) is 0 Å². The highest BCUT2D eigenvalue weighted by Gasteiger charge is 2.35. The minimum absolute atomic E-state index is 0.292. The van der Waals surface area contributed by atoms with E-state index >= 15 is 0 Å². The summed E-state index contributed by atoms with van der Waals surface area (Å²) in [5.41, 5.74) is 5.94. The Morgan fingerprint density at radius 3 is 1.75 bits per heavy atom. The molecule has 0 spiro atoms. The minimum Gasteiger partial charge on any atom is -0.325 e. The molecular weight excluding hydrogens is 98.1 g/mol. The van der Waals surface area contributed by atoms with Gasteiger partial charge in [0, 0.05) is 5.54 Å². The third kappa shape index (κ3) is 2.31. The van der Waals surface area contributed by atoms with Crippen LogP contribution in [0.25, 0.3) is 0 Å². The summed E-state index contributed by atoms with van der Waals surface area (Å²) >= 11 is 0. The average Bonchev–Trinajstić information content (AvgIpc) is 2.55. The molecule has 1 fully saturated rings. The molecule has 0 saturated heterocycles. The molecule has 50 valence electrons. The van der Waals surface area contributed by atoms with Crippen molar-refractivity contribution < 1.29 is 0 Å². The first-order valence-corrected chi connectivity index (χ1v) is 3.56. The largest absolute Gasteiger partial charge is 0.325 e. The van der Waals surface area contributed by atoms with E-state index < -0.39 is 0 Å². The Morgan fingerprint density at radius 1 is 1.38 bits per heavy atom. The third-order valence-corrected chi connectivity index (χ3v) is 1.60. The number of hydrogen-bond acceptors (Lipinski definition) is 1. The van der Waals surface area contributed by atoms with Gasteiger partial charge >= 0.3 is 0 Å². The first-order valence-electron chi connectivity index (χ1n) is 3.56. The Kier molecular flexibility index (Phi) is 3.06. The van der Waals surface area contributed by atoms with Crippen LogP contribution in [0, 0.1) is 0 Å². The zero-order valence-corrected chi connectivity index (χ0v) is 6.20. The van der Waals surface area contributed by atoms with Gasteiger partial charge in [-0.25, -0.2) is 0 Å². The van der Waals surface area contributed by atoms with Crippen LogP contribution in [-0.2, 0) is 0 Å². The number of nitrogens with two attached hydrogens (primary N) is 1. The van der Waals surface area contributed by atoms with Crippen molar-refractivity contribution in [2.24, 2.45) is 5.73 Å². The van der Waals surface area contributed by atoms with Gasteiger partial charge in [0.25, 0.3) is 0 Å². The summed E-state index contributed by atoms with van der Waals surface area (Å²) < 4.78 is 0. The predicted molar refractivity (Wildman–Crippen MR) is 37.8 cm³/mol. The summed E-state index contributed by atoms with van der Waals surface area (Å²) in [7, 11) is 0. The molecule has 1 aliphatic rings. The van der Waals surface area contributed by atoms with E-state index in [4.69, 9.17) is 5.73 Å². The van der Waals surface area contributed by atoms with Gasteiger partial charge in [0.1, 0.15) is 0 Å². The van der Waals surface area contributed by atoms with E-state index in [1.54, 1.807) is 0 Å². The van der Waals surface area contributed by atoms with Gasteiger partial charge in [-0.05, 0) is 19.3 Å². The fraction of sp³-hybridized carbons (Fsp3) is 1.00. The zero-order chi connectivity index (χ0) is 6.62. The third-order valence-electron chi connectivity index (χ3n) is 1.60. The van der Waals surface area contributed by atoms with Crippen molar-refractivity contribution in [2.75, 3.05) is 0 Å². The number of hydrogen-bond donors (Lipinski definition) is 1. The van der Waals surface area contributed by atoms with Gasteiger partial charge in [0.2, 0.25) is 0 Å². The summed E-state index contributed by atoms with van der Waals surface area (Å²) in [4.78, 5) is 0.